The lowest BCUT2D eigenvalue weighted by Crippen LogP contribution is -2.50. The van der Waals surface area contributed by atoms with E-state index in [2.05, 4.69) is 12.1 Å². The molecular weight excluding hydrogens is 430 g/mol. The van der Waals surface area contributed by atoms with Crippen LogP contribution in [0.4, 0.5) is 11.4 Å². The van der Waals surface area contributed by atoms with Crippen LogP contribution in [0.15, 0.2) is 42.5 Å². The van der Waals surface area contributed by atoms with Gasteiger partial charge in [0.2, 0.25) is 0 Å². The maximum atomic E-state index is 12.6. The summed E-state index contributed by atoms with van der Waals surface area (Å²) in [4.78, 5) is 27.2. The van der Waals surface area contributed by atoms with Crippen molar-refractivity contribution in [1.82, 2.24) is 4.90 Å². The minimum Gasteiger partial charge on any atom is -0.484 e. The minimum absolute atomic E-state index is 0.0164. The lowest BCUT2D eigenvalue weighted by atomic mass is 9.84. The number of benzene rings is 2. The summed E-state index contributed by atoms with van der Waals surface area (Å²) in [7, 11) is 0. The third kappa shape index (κ3) is 5.15. The van der Waals surface area contributed by atoms with Crippen molar-refractivity contribution in [2.75, 3.05) is 37.7 Å². The Morgan fingerprint density at radius 1 is 1.03 bits per heavy atom. The van der Waals surface area contributed by atoms with Crippen LogP contribution in [0.5, 0.6) is 5.75 Å². The molecule has 32 heavy (non-hydrogen) atoms. The molecule has 0 aromatic heterocycles. The second-order valence-electron chi connectivity index (χ2n) is 8.43. The fourth-order valence-electron chi connectivity index (χ4n) is 4.65. The Hall–Kier alpha value is -2.80. The zero-order valence-corrected chi connectivity index (χ0v) is 18.8. The lowest BCUT2D eigenvalue weighted by Gasteiger charge is -2.36. The number of hydrogen-bond acceptors (Lipinski definition) is 5. The molecule has 2 aromatic carbocycles. The second kappa shape index (κ2) is 10.2. The average Bonchev–Trinajstić information content (AvgIpc) is 2.83. The number of amides is 1. The zero-order valence-electron chi connectivity index (χ0n) is 18.0. The van der Waals surface area contributed by atoms with Crippen LogP contribution in [0.2, 0.25) is 5.02 Å². The summed E-state index contributed by atoms with van der Waals surface area (Å²) >= 11 is 6.24. The van der Waals surface area contributed by atoms with Crippen LogP contribution in [0.3, 0.4) is 0 Å². The Kier molecular flexibility index (Phi) is 7.15. The summed E-state index contributed by atoms with van der Waals surface area (Å²) in [5.74, 6) is 1.25. The van der Waals surface area contributed by atoms with Crippen LogP contribution in [-0.2, 0) is 4.79 Å². The van der Waals surface area contributed by atoms with E-state index in [1.807, 2.05) is 17.0 Å². The first kappa shape index (κ1) is 22.4. The van der Waals surface area contributed by atoms with Gasteiger partial charge in [-0.25, -0.2) is 0 Å². The van der Waals surface area contributed by atoms with Gasteiger partial charge in [0, 0.05) is 32.2 Å². The van der Waals surface area contributed by atoms with Crippen molar-refractivity contribution < 1.29 is 14.5 Å². The first-order valence-electron chi connectivity index (χ1n) is 11.2. The molecule has 2 aromatic rings. The van der Waals surface area contributed by atoms with E-state index in [-0.39, 0.29) is 18.2 Å². The predicted molar refractivity (Wildman–Crippen MR) is 125 cm³/mol. The largest absolute Gasteiger partial charge is 0.484 e. The highest BCUT2D eigenvalue weighted by Gasteiger charge is 2.27. The first-order chi connectivity index (χ1) is 15.5. The number of nitrogens with zero attached hydrogens (tertiary/aromatic N) is 3. The van der Waals surface area contributed by atoms with Gasteiger partial charge in [-0.1, -0.05) is 49.1 Å². The Bertz CT molecular complexity index is 952. The second-order valence-corrected chi connectivity index (χ2v) is 8.83. The van der Waals surface area contributed by atoms with Crippen molar-refractivity contribution in [1.29, 1.82) is 0 Å². The third-order valence-electron chi connectivity index (χ3n) is 6.43. The molecule has 0 bridgehead atoms. The van der Waals surface area contributed by atoms with Gasteiger partial charge in [-0.3, -0.25) is 14.9 Å². The van der Waals surface area contributed by atoms with Gasteiger partial charge in [0.25, 0.3) is 11.6 Å². The molecule has 0 unspecified atom stereocenters. The molecule has 7 nitrogen and oxygen atoms in total. The molecule has 0 radical (unpaired) electrons. The van der Waals surface area contributed by atoms with E-state index in [1.165, 1.54) is 43.7 Å². The number of carbonyl (C=O) groups excluding carboxylic acids is 1. The smallest absolute Gasteiger partial charge is 0.294 e. The van der Waals surface area contributed by atoms with Gasteiger partial charge in [0.15, 0.2) is 6.61 Å². The van der Waals surface area contributed by atoms with Crippen LogP contribution < -0.4 is 9.64 Å². The molecule has 1 saturated carbocycles. The predicted octanol–water partition coefficient (Wildman–Crippen LogP) is 5.02. The highest BCUT2D eigenvalue weighted by atomic mass is 35.5. The number of halogens is 1. The number of piperazine rings is 1. The van der Waals surface area contributed by atoms with Gasteiger partial charge in [-0.05, 0) is 42.5 Å². The quantitative estimate of drug-likeness (QED) is 0.449. The number of para-hydroxylation sites is 1. The van der Waals surface area contributed by atoms with Crippen molar-refractivity contribution in [3.05, 3.63) is 63.2 Å². The highest BCUT2D eigenvalue weighted by Crippen LogP contribution is 2.36. The molecule has 8 heteroatoms. The van der Waals surface area contributed by atoms with Crippen molar-refractivity contribution in [2.45, 2.75) is 38.0 Å². The van der Waals surface area contributed by atoms with Gasteiger partial charge in [-0.15, -0.1) is 0 Å². The molecule has 1 saturated heterocycles. The van der Waals surface area contributed by atoms with E-state index in [0.717, 1.165) is 0 Å². The summed E-state index contributed by atoms with van der Waals surface area (Å²) in [6.07, 6.45) is 6.44. The standard InChI is InChI=1S/C24H28ClN3O4/c25-21-7-4-8-22(28(30)31)24(21)27-15-13-26(14-16-27)23(29)17-32-20-11-9-19(10-12-20)18-5-2-1-3-6-18/h4,7-12,18H,1-3,5-6,13-17H2. The summed E-state index contributed by atoms with van der Waals surface area (Å²) in [5, 5.41) is 11.7. The van der Waals surface area contributed by atoms with E-state index in [0.29, 0.717) is 48.6 Å². The van der Waals surface area contributed by atoms with Gasteiger partial charge >= 0.3 is 0 Å². The summed E-state index contributed by atoms with van der Waals surface area (Å²) in [6, 6.07) is 12.8. The molecular formula is C24H28ClN3O4. The fourth-order valence-corrected chi connectivity index (χ4v) is 4.94. The van der Waals surface area contributed by atoms with Crippen LogP contribution in [0.25, 0.3) is 0 Å². The Labute approximate surface area is 193 Å². The molecule has 1 aliphatic carbocycles. The van der Waals surface area contributed by atoms with Gasteiger partial charge in [-0.2, -0.15) is 0 Å². The maximum absolute atomic E-state index is 12.6. The average molecular weight is 458 g/mol. The summed E-state index contributed by atoms with van der Waals surface area (Å²) in [5.41, 5.74) is 1.76. The van der Waals surface area contributed by atoms with Crippen LogP contribution in [0.1, 0.15) is 43.6 Å². The number of nitro groups is 1. The van der Waals surface area contributed by atoms with Gasteiger partial charge in [0.1, 0.15) is 11.4 Å². The Morgan fingerprint density at radius 3 is 2.38 bits per heavy atom. The number of anilines is 1. The van der Waals surface area contributed by atoms with Crippen LogP contribution in [0, 0.1) is 10.1 Å². The number of carbonyl (C=O) groups is 1. The number of nitro benzene ring substituents is 1. The van der Waals surface area contributed by atoms with Crippen molar-refractivity contribution in [3.63, 3.8) is 0 Å². The number of rotatable bonds is 6. The first-order valence-corrected chi connectivity index (χ1v) is 11.6. The molecule has 2 fully saturated rings. The molecule has 0 spiro atoms. The molecule has 1 heterocycles. The van der Waals surface area contributed by atoms with E-state index in [1.54, 1.807) is 17.0 Å². The molecule has 0 atom stereocenters. The highest BCUT2D eigenvalue weighted by molar-refractivity contribution is 6.33. The van der Waals surface area contributed by atoms with Crippen molar-refractivity contribution in [3.8, 4) is 5.75 Å². The fraction of sp³-hybridized carbons (Fsp3) is 0.458. The lowest BCUT2D eigenvalue weighted by molar-refractivity contribution is -0.384. The molecule has 1 aliphatic heterocycles. The maximum Gasteiger partial charge on any atom is 0.294 e. The minimum atomic E-state index is -0.424. The monoisotopic (exact) mass is 457 g/mol. The Morgan fingerprint density at radius 2 is 1.72 bits per heavy atom. The normalized spacial score (nSPS) is 17.3. The Balaban J connectivity index is 1.28. The molecule has 1 amide bonds. The van der Waals surface area contributed by atoms with Gasteiger partial charge < -0.3 is 14.5 Å². The third-order valence-corrected chi connectivity index (χ3v) is 6.73. The van der Waals surface area contributed by atoms with Gasteiger partial charge in [0.05, 0.1) is 9.95 Å². The van der Waals surface area contributed by atoms with Crippen LogP contribution >= 0.6 is 11.6 Å². The number of ether oxygens (including phenoxy) is 1. The zero-order chi connectivity index (χ0) is 22.5. The summed E-state index contributed by atoms with van der Waals surface area (Å²) in [6.45, 7) is 1.87. The molecule has 170 valence electrons. The SMILES string of the molecule is O=C(COc1ccc(C2CCCCC2)cc1)N1CCN(c2c(Cl)cccc2[N+](=O)[O-])CC1. The van der Waals surface area contributed by atoms with E-state index in [9.17, 15) is 14.9 Å². The van der Waals surface area contributed by atoms with E-state index >= 15 is 0 Å². The van der Waals surface area contributed by atoms with Crippen LogP contribution in [-0.4, -0.2) is 48.5 Å². The molecule has 2 aliphatic rings. The molecule has 0 N–H and O–H groups in total. The van der Waals surface area contributed by atoms with Crippen molar-refractivity contribution in [2.24, 2.45) is 0 Å². The topological polar surface area (TPSA) is 75.9 Å². The van der Waals surface area contributed by atoms with E-state index in [4.69, 9.17) is 16.3 Å². The van der Waals surface area contributed by atoms with E-state index < -0.39 is 4.92 Å². The summed E-state index contributed by atoms with van der Waals surface area (Å²) < 4.78 is 5.73. The van der Waals surface area contributed by atoms with Crippen molar-refractivity contribution >= 4 is 28.9 Å². The molecule has 4 rings (SSSR count). The number of hydrogen-bond donors (Lipinski definition) is 0.